The number of carbonyl (C=O) groups is 1. The Morgan fingerprint density at radius 3 is 2.48 bits per heavy atom. The number of hydrogen-bond acceptors (Lipinski definition) is 4. The molecule has 0 aliphatic carbocycles. The van der Waals surface area contributed by atoms with Gasteiger partial charge in [0, 0.05) is 19.3 Å². The molecule has 31 heavy (non-hydrogen) atoms. The molecule has 0 aliphatic rings. The molecule has 0 atom stereocenters. The molecule has 0 aliphatic heterocycles. The number of rotatable bonds is 7. The first-order valence-corrected chi connectivity index (χ1v) is 10.9. The summed E-state index contributed by atoms with van der Waals surface area (Å²) in [5.74, 6) is 1.05. The number of pyridine rings is 1. The van der Waals surface area contributed by atoms with E-state index in [0.29, 0.717) is 18.7 Å². The second kappa shape index (κ2) is 9.08. The van der Waals surface area contributed by atoms with Crippen LogP contribution in [0.3, 0.4) is 0 Å². The lowest BCUT2D eigenvalue weighted by Crippen LogP contribution is -2.29. The van der Waals surface area contributed by atoms with E-state index in [0.717, 1.165) is 34.6 Å². The summed E-state index contributed by atoms with van der Waals surface area (Å²) < 4.78 is 7.70. The Kier molecular flexibility index (Phi) is 6.68. The van der Waals surface area contributed by atoms with Gasteiger partial charge in [0.1, 0.15) is 5.75 Å². The van der Waals surface area contributed by atoms with Crippen LogP contribution in [0.2, 0.25) is 0 Å². The number of ether oxygens (including phenoxy) is 1. The summed E-state index contributed by atoms with van der Waals surface area (Å²) in [7, 11) is 1.84. The number of fused-ring (bicyclic) bond motifs is 1. The Hall–Kier alpha value is -2.89. The van der Waals surface area contributed by atoms with Gasteiger partial charge in [0.05, 0.1) is 28.8 Å². The fraction of sp³-hybridized carbons (Fsp3) is 0.480. The van der Waals surface area contributed by atoms with Gasteiger partial charge in [-0.25, -0.2) is 9.67 Å². The van der Waals surface area contributed by atoms with Gasteiger partial charge in [0.2, 0.25) is 0 Å². The van der Waals surface area contributed by atoms with Crippen LogP contribution in [0.1, 0.15) is 68.7 Å². The van der Waals surface area contributed by atoms with Gasteiger partial charge >= 0.3 is 0 Å². The van der Waals surface area contributed by atoms with Crippen molar-refractivity contribution in [2.75, 3.05) is 20.2 Å². The van der Waals surface area contributed by atoms with Gasteiger partial charge in [-0.2, -0.15) is 5.10 Å². The fourth-order valence-corrected chi connectivity index (χ4v) is 3.56. The van der Waals surface area contributed by atoms with Crippen LogP contribution in [0.4, 0.5) is 0 Å². The molecule has 166 valence electrons. The normalized spacial score (nSPS) is 11.9. The molecule has 6 nitrogen and oxygen atoms in total. The number of para-hydroxylation sites is 1. The number of aromatic nitrogens is 3. The molecular weight excluding hydrogens is 388 g/mol. The van der Waals surface area contributed by atoms with Crippen molar-refractivity contribution >= 4 is 16.9 Å². The van der Waals surface area contributed by atoms with Crippen LogP contribution in [0.15, 0.2) is 36.4 Å². The minimum absolute atomic E-state index is 0.00873. The zero-order valence-electron chi connectivity index (χ0n) is 19.8. The number of hydrogen-bond donors (Lipinski definition) is 0. The molecule has 2 aromatic heterocycles. The van der Waals surface area contributed by atoms with Crippen molar-refractivity contribution in [2.45, 2.75) is 59.4 Å². The van der Waals surface area contributed by atoms with E-state index in [4.69, 9.17) is 14.8 Å². The standard InChI is InChI=1S/C25H34N4O2/c1-17(2)21-16-20(22-18(3)27-29(23(22)26-21)25(4,5)6)24(30)28(7)14-11-15-31-19-12-9-8-10-13-19/h8-10,12-13,16-17H,11,14-15H2,1-7H3. The molecule has 0 unspecified atom stereocenters. The second-order valence-electron chi connectivity index (χ2n) is 9.36. The van der Waals surface area contributed by atoms with E-state index in [1.54, 1.807) is 4.90 Å². The molecule has 3 aromatic rings. The lowest BCUT2D eigenvalue weighted by Gasteiger charge is -2.21. The lowest BCUT2D eigenvalue weighted by molar-refractivity contribution is 0.0789. The molecule has 3 rings (SSSR count). The van der Waals surface area contributed by atoms with E-state index in [1.807, 2.05) is 55.1 Å². The number of benzene rings is 1. The number of carbonyl (C=O) groups excluding carboxylic acids is 1. The molecule has 1 amide bonds. The first-order valence-electron chi connectivity index (χ1n) is 10.9. The van der Waals surface area contributed by atoms with Crippen molar-refractivity contribution in [3.63, 3.8) is 0 Å². The first kappa shape index (κ1) is 22.8. The van der Waals surface area contributed by atoms with Gasteiger partial charge in [-0.15, -0.1) is 0 Å². The number of amides is 1. The summed E-state index contributed by atoms with van der Waals surface area (Å²) in [5.41, 5.74) is 2.96. The minimum Gasteiger partial charge on any atom is -0.494 e. The Bertz CT molecular complexity index is 1050. The van der Waals surface area contributed by atoms with Crippen molar-refractivity contribution in [2.24, 2.45) is 0 Å². The van der Waals surface area contributed by atoms with Crippen LogP contribution in [0.5, 0.6) is 5.75 Å². The van der Waals surface area contributed by atoms with Gasteiger partial charge in [0.25, 0.3) is 5.91 Å². The van der Waals surface area contributed by atoms with Crippen LogP contribution >= 0.6 is 0 Å². The Labute approximate surface area is 185 Å². The molecule has 0 spiro atoms. The third kappa shape index (κ3) is 5.06. The Morgan fingerprint density at radius 1 is 1.19 bits per heavy atom. The molecular formula is C25H34N4O2. The van der Waals surface area contributed by atoms with Crippen molar-refractivity contribution in [3.8, 4) is 5.75 Å². The number of aryl methyl sites for hydroxylation is 1. The predicted octanol–water partition coefficient (Wildman–Crippen LogP) is 5.16. The number of nitrogens with zero attached hydrogens (tertiary/aromatic N) is 4. The highest BCUT2D eigenvalue weighted by molar-refractivity contribution is 6.06. The predicted molar refractivity (Wildman–Crippen MR) is 125 cm³/mol. The van der Waals surface area contributed by atoms with Crippen LogP contribution in [0.25, 0.3) is 11.0 Å². The van der Waals surface area contributed by atoms with Crippen LogP contribution in [0, 0.1) is 6.92 Å². The average molecular weight is 423 g/mol. The summed E-state index contributed by atoms with van der Waals surface area (Å²) in [6.07, 6.45) is 0.753. The van der Waals surface area contributed by atoms with E-state index >= 15 is 0 Å². The van der Waals surface area contributed by atoms with Crippen molar-refractivity contribution in [3.05, 3.63) is 53.3 Å². The summed E-state index contributed by atoms with van der Waals surface area (Å²) in [4.78, 5) is 20.1. The van der Waals surface area contributed by atoms with E-state index in [9.17, 15) is 4.79 Å². The van der Waals surface area contributed by atoms with Gasteiger partial charge in [-0.3, -0.25) is 4.79 Å². The molecule has 0 fully saturated rings. The average Bonchev–Trinajstić information content (AvgIpc) is 3.07. The van der Waals surface area contributed by atoms with Gasteiger partial charge in [-0.05, 0) is 58.2 Å². The zero-order valence-corrected chi connectivity index (χ0v) is 19.8. The molecule has 0 saturated carbocycles. The quantitative estimate of drug-likeness (QED) is 0.494. The maximum absolute atomic E-state index is 13.4. The topological polar surface area (TPSA) is 60.2 Å². The van der Waals surface area contributed by atoms with Crippen molar-refractivity contribution < 1.29 is 9.53 Å². The van der Waals surface area contributed by atoms with E-state index < -0.39 is 0 Å². The molecule has 0 bridgehead atoms. The molecule has 2 heterocycles. The molecule has 6 heteroatoms. The van der Waals surface area contributed by atoms with E-state index in [-0.39, 0.29) is 17.4 Å². The monoisotopic (exact) mass is 422 g/mol. The fourth-order valence-electron chi connectivity index (χ4n) is 3.56. The largest absolute Gasteiger partial charge is 0.494 e. The van der Waals surface area contributed by atoms with Crippen molar-refractivity contribution in [1.82, 2.24) is 19.7 Å². The third-order valence-corrected chi connectivity index (χ3v) is 5.29. The van der Waals surface area contributed by atoms with Gasteiger partial charge < -0.3 is 9.64 Å². The summed E-state index contributed by atoms with van der Waals surface area (Å²) in [6, 6.07) is 11.7. The maximum atomic E-state index is 13.4. The minimum atomic E-state index is -0.226. The van der Waals surface area contributed by atoms with Gasteiger partial charge in [-0.1, -0.05) is 32.0 Å². The summed E-state index contributed by atoms with van der Waals surface area (Å²) in [5, 5.41) is 5.58. The highest BCUT2D eigenvalue weighted by Gasteiger charge is 2.26. The van der Waals surface area contributed by atoms with Crippen molar-refractivity contribution in [1.29, 1.82) is 0 Å². The molecule has 0 N–H and O–H groups in total. The van der Waals surface area contributed by atoms with Crippen LogP contribution < -0.4 is 4.74 Å². The third-order valence-electron chi connectivity index (χ3n) is 5.29. The Morgan fingerprint density at radius 2 is 1.87 bits per heavy atom. The smallest absolute Gasteiger partial charge is 0.254 e. The maximum Gasteiger partial charge on any atom is 0.254 e. The summed E-state index contributed by atoms with van der Waals surface area (Å²) >= 11 is 0. The first-order chi connectivity index (χ1) is 14.6. The van der Waals surface area contributed by atoms with Crippen LogP contribution in [-0.2, 0) is 5.54 Å². The molecule has 1 aromatic carbocycles. The van der Waals surface area contributed by atoms with Gasteiger partial charge in [0.15, 0.2) is 5.65 Å². The molecule has 0 radical (unpaired) electrons. The lowest BCUT2D eigenvalue weighted by atomic mass is 10.0. The van der Waals surface area contributed by atoms with Crippen LogP contribution in [-0.4, -0.2) is 45.8 Å². The second-order valence-corrected chi connectivity index (χ2v) is 9.36. The van der Waals surface area contributed by atoms with E-state index in [1.165, 1.54) is 0 Å². The highest BCUT2D eigenvalue weighted by Crippen LogP contribution is 2.29. The molecule has 0 saturated heterocycles. The zero-order chi connectivity index (χ0) is 22.8. The van der Waals surface area contributed by atoms with E-state index in [2.05, 4.69) is 34.6 Å². The SMILES string of the molecule is Cc1nn(C(C)(C)C)c2nc(C(C)C)cc(C(=O)N(C)CCCOc3ccccc3)c12. The Balaban J connectivity index is 1.84. The highest BCUT2D eigenvalue weighted by atomic mass is 16.5. The summed E-state index contributed by atoms with van der Waals surface area (Å²) in [6.45, 7) is 13.6.